The fourth-order valence-corrected chi connectivity index (χ4v) is 5.96. The molecule has 0 radical (unpaired) electrons. The van der Waals surface area contributed by atoms with Crippen molar-refractivity contribution in [1.29, 1.82) is 0 Å². The molecule has 2 atom stereocenters. The van der Waals surface area contributed by atoms with Gasteiger partial charge in [-0.2, -0.15) is 0 Å². The molecule has 0 spiro atoms. The molecular formula is C27H29NO4. The molecule has 0 N–H and O–H groups in total. The van der Waals surface area contributed by atoms with Crippen molar-refractivity contribution in [2.45, 2.75) is 50.9 Å². The van der Waals surface area contributed by atoms with Gasteiger partial charge < -0.3 is 4.74 Å². The predicted molar refractivity (Wildman–Crippen MR) is 120 cm³/mol. The third-order valence-corrected chi connectivity index (χ3v) is 7.34. The first-order chi connectivity index (χ1) is 15.6. The number of hydrogen-bond donors (Lipinski definition) is 0. The van der Waals surface area contributed by atoms with Crippen LogP contribution in [0.2, 0.25) is 0 Å². The summed E-state index contributed by atoms with van der Waals surface area (Å²) >= 11 is 0. The van der Waals surface area contributed by atoms with E-state index in [1.165, 1.54) is 6.42 Å². The summed E-state index contributed by atoms with van der Waals surface area (Å²) < 4.78 is 5.34. The standard InChI is InChI=1S/C27H29NO4/c1-2-3-4-5-10-15-32-21(29)16-28-26(30)24-22-17-11-6-7-12-18(17)23(25(24)27(28)31)20-14-9-8-13-19(20)22/h6-9,11-14,22-25H,2-5,10,15-16H2,1H3. The molecule has 166 valence electrons. The molecule has 1 heterocycles. The highest BCUT2D eigenvalue weighted by atomic mass is 16.5. The molecule has 2 bridgehead atoms. The topological polar surface area (TPSA) is 63.7 Å². The number of benzene rings is 2. The fourth-order valence-electron chi connectivity index (χ4n) is 5.96. The van der Waals surface area contributed by atoms with Crippen LogP contribution < -0.4 is 0 Å². The van der Waals surface area contributed by atoms with E-state index >= 15 is 0 Å². The van der Waals surface area contributed by atoms with Crippen LogP contribution in [-0.2, 0) is 19.1 Å². The van der Waals surface area contributed by atoms with Crippen LogP contribution in [0.5, 0.6) is 0 Å². The van der Waals surface area contributed by atoms with E-state index in [9.17, 15) is 14.4 Å². The summed E-state index contributed by atoms with van der Waals surface area (Å²) in [6, 6.07) is 16.3. The van der Waals surface area contributed by atoms with Gasteiger partial charge in [0.25, 0.3) is 0 Å². The van der Waals surface area contributed by atoms with Gasteiger partial charge in [0.2, 0.25) is 11.8 Å². The van der Waals surface area contributed by atoms with Crippen molar-refractivity contribution in [2.75, 3.05) is 13.2 Å². The molecule has 6 rings (SSSR count). The van der Waals surface area contributed by atoms with Crippen LogP contribution in [-0.4, -0.2) is 35.8 Å². The molecule has 32 heavy (non-hydrogen) atoms. The van der Waals surface area contributed by atoms with Gasteiger partial charge in [-0.1, -0.05) is 81.1 Å². The zero-order chi connectivity index (χ0) is 22.2. The largest absolute Gasteiger partial charge is 0.464 e. The lowest BCUT2D eigenvalue weighted by Gasteiger charge is -2.45. The number of carbonyl (C=O) groups excluding carboxylic acids is 3. The van der Waals surface area contributed by atoms with Gasteiger partial charge in [-0.15, -0.1) is 0 Å². The minimum atomic E-state index is -0.497. The molecule has 1 aliphatic heterocycles. The molecule has 2 unspecified atom stereocenters. The summed E-state index contributed by atoms with van der Waals surface area (Å²) in [6.07, 6.45) is 5.31. The summed E-state index contributed by atoms with van der Waals surface area (Å²) in [6.45, 7) is 2.21. The van der Waals surface area contributed by atoms with Crippen LogP contribution in [0.15, 0.2) is 48.5 Å². The Kier molecular flexibility index (Phi) is 5.58. The van der Waals surface area contributed by atoms with Crippen molar-refractivity contribution in [3.05, 3.63) is 70.8 Å². The molecule has 3 aliphatic carbocycles. The van der Waals surface area contributed by atoms with E-state index in [0.717, 1.165) is 52.8 Å². The first kappa shape index (κ1) is 20.9. The Balaban J connectivity index is 1.35. The normalized spacial score (nSPS) is 24.8. The Morgan fingerprint density at radius 2 is 1.25 bits per heavy atom. The molecular weight excluding hydrogens is 402 g/mol. The van der Waals surface area contributed by atoms with Crippen molar-refractivity contribution in [2.24, 2.45) is 11.8 Å². The Labute approximate surface area is 188 Å². The quantitative estimate of drug-likeness (QED) is 0.353. The molecule has 5 heteroatoms. The second-order valence-corrected chi connectivity index (χ2v) is 9.16. The van der Waals surface area contributed by atoms with Gasteiger partial charge >= 0.3 is 5.97 Å². The van der Waals surface area contributed by atoms with Gasteiger partial charge in [0.15, 0.2) is 0 Å². The number of amides is 2. The minimum absolute atomic E-state index is 0.145. The van der Waals surface area contributed by atoms with Crippen LogP contribution in [0.4, 0.5) is 0 Å². The van der Waals surface area contributed by atoms with Gasteiger partial charge in [-0.3, -0.25) is 19.3 Å². The summed E-state index contributed by atoms with van der Waals surface area (Å²) in [7, 11) is 0. The zero-order valence-electron chi connectivity index (χ0n) is 18.5. The minimum Gasteiger partial charge on any atom is -0.464 e. The lowest BCUT2D eigenvalue weighted by molar-refractivity contribution is -0.153. The molecule has 2 amide bonds. The number of hydrogen-bond acceptors (Lipinski definition) is 4. The second-order valence-electron chi connectivity index (χ2n) is 9.16. The lowest BCUT2D eigenvalue weighted by atomic mass is 9.55. The van der Waals surface area contributed by atoms with Crippen LogP contribution in [0.3, 0.4) is 0 Å². The number of unbranched alkanes of at least 4 members (excludes halogenated alkanes) is 4. The van der Waals surface area contributed by atoms with E-state index in [-0.39, 0.29) is 30.2 Å². The van der Waals surface area contributed by atoms with E-state index in [1.807, 2.05) is 24.3 Å². The highest BCUT2D eigenvalue weighted by Gasteiger charge is 2.61. The van der Waals surface area contributed by atoms with Crippen LogP contribution in [0.25, 0.3) is 0 Å². The highest BCUT2D eigenvalue weighted by Crippen LogP contribution is 2.60. The first-order valence-corrected chi connectivity index (χ1v) is 11.8. The van der Waals surface area contributed by atoms with Gasteiger partial charge in [0.05, 0.1) is 18.4 Å². The molecule has 5 nitrogen and oxygen atoms in total. The van der Waals surface area contributed by atoms with Crippen molar-refractivity contribution in [3.63, 3.8) is 0 Å². The molecule has 0 aromatic heterocycles. The molecule has 1 saturated heterocycles. The number of ether oxygens (including phenoxy) is 1. The lowest BCUT2D eigenvalue weighted by Crippen LogP contribution is -2.41. The number of carbonyl (C=O) groups is 3. The van der Waals surface area contributed by atoms with Crippen molar-refractivity contribution in [3.8, 4) is 0 Å². The van der Waals surface area contributed by atoms with Crippen LogP contribution in [0, 0.1) is 11.8 Å². The van der Waals surface area contributed by atoms with E-state index in [2.05, 4.69) is 31.2 Å². The predicted octanol–water partition coefficient (Wildman–Crippen LogP) is 4.39. The van der Waals surface area contributed by atoms with Gasteiger partial charge in [0.1, 0.15) is 6.54 Å². The fraction of sp³-hybridized carbons (Fsp3) is 0.444. The Bertz CT molecular complexity index is 946. The maximum absolute atomic E-state index is 13.4. The number of esters is 1. The number of imide groups is 1. The molecule has 4 aliphatic rings. The van der Waals surface area contributed by atoms with E-state index in [1.54, 1.807) is 0 Å². The maximum atomic E-state index is 13.4. The average molecular weight is 432 g/mol. The van der Waals surface area contributed by atoms with E-state index in [0.29, 0.717) is 6.61 Å². The van der Waals surface area contributed by atoms with Gasteiger partial charge in [0, 0.05) is 11.8 Å². The highest BCUT2D eigenvalue weighted by molar-refractivity contribution is 6.09. The summed E-state index contributed by atoms with van der Waals surface area (Å²) in [5.74, 6) is -2.15. The summed E-state index contributed by atoms with van der Waals surface area (Å²) in [5.41, 5.74) is 4.54. The van der Waals surface area contributed by atoms with E-state index in [4.69, 9.17) is 4.74 Å². The Morgan fingerprint density at radius 1 is 0.781 bits per heavy atom. The molecule has 0 saturated carbocycles. The smallest absolute Gasteiger partial charge is 0.326 e. The van der Waals surface area contributed by atoms with Crippen molar-refractivity contribution < 1.29 is 19.1 Å². The number of rotatable bonds is 8. The van der Waals surface area contributed by atoms with E-state index < -0.39 is 17.8 Å². The third-order valence-electron chi connectivity index (χ3n) is 7.34. The van der Waals surface area contributed by atoms with Crippen LogP contribution >= 0.6 is 0 Å². The molecule has 2 aromatic rings. The zero-order valence-corrected chi connectivity index (χ0v) is 18.5. The Morgan fingerprint density at radius 3 is 1.72 bits per heavy atom. The van der Waals surface area contributed by atoms with Crippen molar-refractivity contribution in [1.82, 2.24) is 4.90 Å². The first-order valence-electron chi connectivity index (χ1n) is 11.8. The molecule has 1 fully saturated rings. The Hall–Kier alpha value is -2.95. The second kappa shape index (κ2) is 8.53. The summed E-state index contributed by atoms with van der Waals surface area (Å²) in [5, 5.41) is 0. The monoisotopic (exact) mass is 431 g/mol. The third kappa shape index (κ3) is 3.26. The number of nitrogens with zero attached hydrogens (tertiary/aromatic N) is 1. The maximum Gasteiger partial charge on any atom is 0.326 e. The molecule has 2 aromatic carbocycles. The van der Waals surface area contributed by atoms with Gasteiger partial charge in [-0.25, -0.2) is 0 Å². The van der Waals surface area contributed by atoms with Crippen molar-refractivity contribution >= 4 is 17.8 Å². The van der Waals surface area contributed by atoms with Crippen LogP contribution in [0.1, 0.15) is 73.1 Å². The SMILES string of the molecule is CCCCCCCOC(=O)CN1C(=O)C2C3c4ccccc4C(c4ccccc43)C2C1=O. The number of likely N-dealkylation sites (tertiary alicyclic amines) is 1. The van der Waals surface area contributed by atoms with Gasteiger partial charge in [-0.05, 0) is 28.7 Å². The average Bonchev–Trinajstić information content (AvgIpc) is 3.07. The summed E-state index contributed by atoms with van der Waals surface area (Å²) in [4.78, 5) is 40.5.